The number of hydrogen-bond donors (Lipinski definition) is 2. The number of imidazole rings is 1. The van der Waals surface area contributed by atoms with Gasteiger partial charge in [0.25, 0.3) is 5.91 Å². The summed E-state index contributed by atoms with van der Waals surface area (Å²) < 4.78 is 5.25. The van der Waals surface area contributed by atoms with Crippen LogP contribution in [0.4, 0.5) is 5.13 Å². The van der Waals surface area contributed by atoms with Crippen LogP contribution in [0.15, 0.2) is 47.3 Å². The van der Waals surface area contributed by atoms with Gasteiger partial charge in [-0.25, -0.2) is 4.98 Å². The third-order valence-corrected chi connectivity index (χ3v) is 3.91. The predicted molar refractivity (Wildman–Crippen MR) is 81.7 cm³/mol. The van der Waals surface area contributed by atoms with E-state index in [0.717, 1.165) is 11.0 Å². The van der Waals surface area contributed by atoms with Crippen LogP contribution in [0.2, 0.25) is 0 Å². The SMILES string of the molecule is O=C(Nc1nnc(-c2ccco2)s1)c1ccc2nc[nH]c2c1. The molecule has 0 aliphatic carbocycles. The van der Waals surface area contributed by atoms with Gasteiger partial charge in [-0.2, -0.15) is 0 Å². The number of amides is 1. The lowest BCUT2D eigenvalue weighted by atomic mass is 10.2. The van der Waals surface area contributed by atoms with Crippen molar-refractivity contribution in [1.82, 2.24) is 20.2 Å². The molecule has 0 bridgehead atoms. The molecule has 0 fully saturated rings. The molecule has 108 valence electrons. The summed E-state index contributed by atoms with van der Waals surface area (Å²) in [5, 5.41) is 11.7. The molecule has 0 radical (unpaired) electrons. The Morgan fingerprint density at radius 1 is 1.27 bits per heavy atom. The van der Waals surface area contributed by atoms with Crippen molar-refractivity contribution in [3.63, 3.8) is 0 Å². The fourth-order valence-electron chi connectivity index (χ4n) is 2.02. The van der Waals surface area contributed by atoms with Crippen LogP contribution in [0.3, 0.4) is 0 Å². The lowest BCUT2D eigenvalue weighted by Crippen LogP contribution is -2.11. The highest BCUT2D eigenvalue weighted by atomic mass is 32.1. The Morgan fingerprint density at radius 2 is 2.23 bits per heavy atom. The summed E-state index contributed by atoms with van der Waals surface area (Å²) >= 11 is 1.25. The molecule has 1 amide bonds. The zero-order chi connectivity index (χ0) is 14.9. The summed E-state index contributed by atoms with van der Waals surface area (Å²) in [6.45, 7) is 0. The van der Waals surface area contributed by atoms with E-state index < -0.39 is 0 Å². The van der Waals surface area contributed by atoms with E-state index in [1.165, 1.54) is 11.3 Å². The van der Waals surface area contributed by atoms with Crippen LogP contribution in [-0.2, 0) is 0 Å². The summed E-state index contributed by atoms with van der Waals surface area (Å²) in [5.41, 5.74) is 2.14. The first-order chi connectivity index (χ1) is 10.8. The first-order valence-corrected chi connectivity index (χ1v) is 7.23. The minimum Gasteiger partial charge on any atom is -0.462 e. The first kappa shape index (κ1) is 12.7. The van der Waals surface area contributed by atoms with Gasteiger partial charge in [0.15, 0.2) is 10.8 Å². The van der Waals surface area contributed by atoms with Gasteiger partial charge < -0.3 is 9.40 Å². The highest BCUT2D eigenvalue weighted by molar-refractivity contribution is 7.18. The fourth-order valence-corrected chi connectivity index (χ4v) is 2.73. The molecule has 4 aromatic rings. The molecule has 0 unspecified atom stereocenters. The van der Waals surface area contributed by atoms with E-state index in [0.29, 0.717) is 21.5 Å². The second-order valence-corrected chi connectivity index (χ2v) is 5.46. The van der Waals surface area contributed by atoms with Gasteiger partial charge in [-0.05, 0) is 30.3 Å². The highest BCUT2D eigenvalue weighted by Gasteiger charge is 2.13. The Hall–Kier alpha value is -3.00. The Bertz CT molecular complexity index is 941. The standard InChI is InChI=1S/C14H9N5O2S/c20-12(8-3-4-9-10(6-8)16-7-15-9)17-14-19-18-13(22-14)11-2-1-5-21-11/h1-7H,(H,15,16)(H,17,19,20). The van der Waals surface area contributed by atoms with Crippen LogP contribution in [0, 0.1) is 0 Å². The average molecular weight is 311 g/mol. The Balaban J connectivity index is 1.56. The van der Waals surface area contributed by atoms with Crippen molar-refractivity contribution in [3.05, 3.63) is 48.5 Å². The number of H-pyrrole nitrogens is 1. The second kappa shape index (κ2) is 5.08. The summed E-state index contributed by atoms with van der Waals surface area (Å²) in [6.07, 6.45) is 3.15. The Morgan fingerprint density at radius 3 is 3.09 bits per heavy atom. The van der Waals surface area contributed by atoms with Crippen molar-refractivity contribution < 1.29 is 9.21 Å². The minimum absolute atomic E-state index is 0.251. The summed E-state index contributed by atoms with van der Waals surface area (Å²) in [6, 6.07) is 8.81. The van der Waals surface area contributed by atoms with E-state index in [4.69, 9.17) is 4.42 Å². The number of fused-ring (bicyclic) bond motifs is 1. The van der Waals surface area contributed by atoms with Crippen LogP contribution in [0.1, 0.15) is 10.4 Å². The van der Waals surface area contributed by atoms with Gasteiger partial charge in [0.1, 0.15) is 0 Å². The molecule has 0 aliphatic heterocycles. The number of rotatable bonds is 3. The topological polar surface area (TPSA) is 96.7 Å². The molecule has 0 saturated heterocycles. The smallest absolute Gasteiger partial charge is 0.257 e. The fraction of sp³-hybridized carbons (Fsp3) is 0. The van der Waals surface area contributed by atoms with Crippen molar-refractivity contribution >= 4 is 33.4 Å². The van der Waals surface area contributed by atoms with Crippen LogP contribution < -0.4 is 5.32 Å². The number of aromatic amines is 1. The van der Waals surface area contributed by atoms with E-state index >= 15 is 0 Å². The first-order valence-electron chi connectivity index (χ1n) is 6.41. The zero-order valence-corrected chi connectivity index (χ0v) is 11.9. The molecule has 22 heavy (non-hydrogen) atoms. The van der Waals surface area contributed by atoms with E-state index in [-0.39, 0.29) is 5.91 Å². The number of carbonyl (C=O) groups excluding carboxylic acids is 1. The molecule has 2 N–H and O–H groups in total. The number of nitrogens with zero attached hydrogens (tertiary/aromatic N) is 3. The molecular weight excluding hydrogens is 302 g/mol. The number of aromatic nitrogens is 4. The maximum Gasteiger partial charge on any atom is 0.257 e. The van der Waals surface area contributed by atoms with E-state index in [9.17, 15) is 4.79 Å². The Kier molecular flexibility index (Phi) is 2.94. The number of anilines is 1. The van der Waals surface area contributed by atoms with Crippen LogP contribution in [-0.4, -0.2) is 26.1 Å². The van der Waals surface area contributed by atoms with Gasteiger partial charge in [0.05, 0.1) is 23.6 Å². The maximum atomic E-state index is 12.2. The van der Waals surface area contributed by atoms with Crippen molar-refractivity contribution in [2.75, 3.05) is 5.32 Å². The number of nitrogens with one attached hydrogen (secondary N) is 2. The molecule has 3 heterocycles. The van der Waals surface area contributed by atoms with E-state index in [2.05, 4.69) is 25.5 Å². The second-order valence-electron chi connectivity index (χ2n) is 4.48. The van der Waals surface area contributed by atoms with E-state index in [1.807, 2.05) is 0 Å². The number of carbonyl (C=O) groups is 1. The molecule has 0 atom stereocenters. The van der Waals surface area contributed by atoms with Gasteiger partial charge in [-0.1, -0.05) is 11.3 Å². The van der Waals surface area contributed by atoms with Gasteiger partial charge in [0, 0.05) is 5.56 Å². The quantitative estimate of drug-likeness (QED) is 0.606. The minimum atomic E-state index is -0.251. The van der Waals surface area contributed by atoms with Crippen LogP contribution >= 0.6 is 11.3 Å². The Labute approximate surface area is 128 Å². The molecule has 4 rings (SSSR count). The van der Waals surface area contributed by atoms with Crippen molar-refractivity contribution in [3.8, 4) is 10.8 Å². The monoisotopic (exact) mass is 311 g/mol. The third kappa shape index (κ3) is 2.25. The van der Waals surface area contributed by atoms with Crippen LogP contribution in [0.5, 0.6) is 0 Å². The predicted octanol–water partition coefficient (Wildman–Crippen LogP) is 2.93. The zero-order valence-electron chi connectivity index (χ0n) is 11.1. The van der Waals surface area contributed by atoms with Gasteiger partial charge in [-0.15, -0.1) is 10.2 Å². The van der Waals surface area contributed by atoms with Crippen molar-refractivity contribution in [2.24, 2.45) is 0 Å². The molecule has 0 aliphatic rings. The van der Waals surface area contributed by atoms with Gasteiger partial charge >= 0.3 is 0 Å². The number of hydrogen-bond acceptors (Lipinski definition) is 6. The van der Waals surface area contributed by atoms with Crippen molar-refractivity contribution in [2.45, 2.75) is 0 Å². The largest absolute Gasteiger partial charge is 0.462 e. The van der Waals surface area contributed by atoms with Gasteiger partial charge in [0.2, 0.25) is 5.13 Å². The molecule has 0 saturated carbocycles. The molecule has 3 aromatic heterocycles. The highest BCUT2D eigenvalue weighted by Crippen LogP contribution is 2.26. The van der Waals surface area contributed by atoms with E-state index in [1.54, 1.807) is 42.9 Å². The van der Waals surface area contributed by atoms with Crippen molar-refractivity contribution in [1.29, 1.82) is 0 Å². The number of furan rings is 1. The normalized spacial score (nSPS) is 10.9. The van der Waals surface area contributed by atoms with Gasteiger partial charge in [-0.3, -0.25) is 10.1 Å². The molecular formula is C14H9N5O2S. The molecule has 7 nitrogen and oxygen atoms in total. The third-order valence-electron chi connectivity index (χ3n) is 3.06. The molecule has 0 spiro atoms. The lowest BCUT2D eigenvalue weighted by Gasteiger charge is -2.00. The number of benzene rings is 1. The summed E-state index contributed by atoms with van der Waals surface area (Å²) in [5.74, 6) is 0.371. The molecule has 1 aromatic carbocycles. The summed E-state index contributed by atoms with van der Waals surface area (Å²) in [7, 11) is 0. The van der Waals surface area contributed by atoms with Crippen LogP contribution in [0.25, 0.3) is 21.8 Å². The summed E-state index contributed by atoms with van der Waals surface area (Å²) in [4.78, 5) is 19.3. The average Bonchev–Trinajstić information content (AvgIpc) is 3.27. The lowest BCUT2D eigenvalue weighted by molar-refractivity contribution is 0.102. The molecule has 8 heteroatoms. The maximum absolute atomic E-state index is 12.2.